The van der Waals surface area contributed by atoms with Crippen molar-refractivity contribution in [3.05, 3.63) is 11.4 Å². The zero-order valence-electron chi connectivity index (χ0n) is 10.8. The van der Waals surface area contributed by atoms with Crippen LogP contribution in [0.2, 0.25) is 0 Å². The van der Waals surface area contributed by atoms with Crippen molar-refractivity contribution in [2.24, 2.45) is 11.8 Å². The monoisotopic (exact) mass is 273 g/mol. The Bertz CT molecular complexity index is 538. The van der Waals surface area contributed by atoms with Crippen LogP contribution in [0.15, 0.2) is 4.90 Å². The molecule has 1 aromatic rings. The van der Waals surface area contributed by atoms with Crippen molar-refractivity contribution in [3.63, 3.8) is 0 Å². The Kier molecular flexibility index (Phi) is 3.48. The molecule has 7 heteroatoms. The Morgan fingerprint density at radius 1 is 1.56 bits per heavy atom. The molecule has 18 heavy (non-hydrogen) atoms. The molecule has 0 aromatic carbocycles. The number of nitrogens with one attached hydrogen (secondary N) is 1. The van der Waals surface area contributed by atoms with Crippen molar-refractivity contribution < 1.29 is 13.5 Å². The number of rotatable bonds is 5. The largest absolute Gasteiger partial charge is 0.390 e. The Morgan fingerprint density at radius 2 is 2.17 bits per heavy atom. The standard InChI is InChI=1S/C11H19N3O3S/c1-7-4-9(7)5-14(3)18(16,17)11-8(2)12-13-10(11)6-15/h7,9,15H,4-6H2,1-3H3,(H,12,13). The highest BCUT2D eigenvalue weighted by atomic mass is 32.2. The molecule has 2 rings (SSSR count). The van der Waals surface area contributed by atoms with Crippen LogP contribution >= 0.6 is 0 Å². The number of hydrogen-bond donors (Lipinski definition) is 2. The average Bonchev–Trinajstić information content (AvgIpc) is 2.85. The summed E-state index contributed by atoms with van der Waals surface area (Å²) in [5.74, 6) is 1.06. The molecule has 102 valence electrons. The van der Waals surface area contributed by atoms with Gasteiger partial charge in [0.1, 0.15) is 10.6 Å². The van der Waals surface area contributed by atoms with Crippen LogP contribution in [0.1, 0.15) is 24.7 Å². The minimum Gasteiger partial charge on any atom is -0.390 e. The van der Waals surface area contributed by atoms with Crippen molar-refractivity contribution in [1.82, 2.24) is 14.5 Å². The second-order valence-electron chi connectivity index (χ2n) is 5.04. The van der Waals surface area contributed by atoms with E-state index in [9.17, 15) is 8.42 Å². The summed E-state index contributed by atoms with van der Waals surface area (Å²) in [4.78, 5) is 0.112. The van der Waals surface area contributed by atoms with Gasteiger partial charge in [-0.15, -0.1) is 0 Å². The quantitative estimate of drug-likeness (QED) is 0.817. The Morgan fingerprint density at radius 3 is 2.67 bits per heavy atom. The topological polar surface area (TPSA) is 86.3 Å². The molecule has 1 aliphatic carbocycles. The van der Waals surface area contributed by atoms with E-state index in [1.165, 1.54) is 4.31 Å². The molecule has 0 bridgehead atoms. The molecule has 1 saturated carbocycles. The van der Waals surface area contributed by atoms with E-state index in [0.29, 0.717) is 24.1 Å². The summed E-state index contributed by atoms with van der Waals surface area (Å²) >= 11 is 0. The van der Waals surface area contributed by atoms with Gasteiger partial charge in [0, 0.05) is 13.6 Å². The lowest BCUT2D eigenvalue weighted by Crippen LogP contribution is -2.30. The van der Waals surface area contributed by atoms with Gasteiger partial charge < -0.3 is 5.11 Å². The van der Waals surface area contributed by atoms with E-state index < -0.39 is 10.0 Å². The van der Waals surface area contributed by atoms with Crippen LogP contribution in [-0.2, 0) is 16.6 Å². The minimum atomic E-state index is -3.57. The SMILES string of the molecule is Cc1[nH]nc(CO)c1S(=O)(=O)N(C)CC1CC1C. The molecule has 0 aliphatic heterocycles. The molecule has 1 aliphatic rings. The van der Waals surface area contributed by atoms with E-state index in [4.69, 9.17) is 5.11 Å². The zero-order valence-corrected chi connectivity index (χ0v) is 11.7. The van der Waals surface area contributed by atoms with Gasteiger partial charge in [0.25, 0.3) is 0 Å². The number of H-pyrrole nitrogens is 1. The lowest BCUT2D eigenvalue weighted by atomic mass is 10.3. The second kappa shape index (κ2) is 4.64. The van der Waals surface area contributed by atoms with E-state index in [1.807, 2.05) is 0 Å². The molecule has 1 fully saturated rings. The number of aromatic nitrogens is 2. The van der Waals surface area contributed by atoms with Gasteiger partial charge in [0.2, 0.25) is 10.0 Å². The molecule has 0 radical (unpaired) electrons. The highest BCUT2D eigenvalue weighted by Gasteiger charge is 2.37. The minimum absolute atomic E-state index is 0.112. The van der Waals surface area contributed by atoms with Crippen molar-refractivity contribution in [2.45, 2.75) is 31.8 Å². The van der Waals surface area contributed by atoms with Crippen LogP contribution in [0.3, 0.4) is 0 Å². The summed E-state index contributed by atoms with van der Waals surface area (Å²) in [6.45, 7) is 3.91. The molecule has 2 atom stereocenters. The summed E-state index contributed by atoms with van der Waals surface area (Å²) in [6, 6.07) is 0. The number of aliphatic hydroxyl groups is 1. The van der Waals surface area contributed by atoms with Gasteiger partial charge in [0.05, 0.1) is 12.3 Å². The first-order valence-corrected chi connectivity index (χ1v) is 7.43. The van der Waals surface area contributed by atoms with Crippen LogP contribution < -0.4 is 0 Å². The number of nitrogens with zero attached hydrogens (tertiary/aromatic N) is 2. The van der Waals surface area contributed by atoms with E-state index in [-0.39, 0.29) is 17.2 Å². The molecule has 1 aromatic heterocycles. The maximum Gasteiger partial charge on any atom is 0.246 e. The van der Waals surface area contributed by atoms with Crippen molar-refractivity contribution in [3.8, 4) is 0 Å². The third-order valence-electron chi connectivity index (χ3n) is 3.55. The molecule has 0 saturated heterocycles. The van der Waals surface area contributed by atoms with Gasteiger partial charge in [0.15, 0.2) is 0 Å². The predicted molar refractivity (Wildman–Crippen MR) is 66.3 cm³/mol. The van der Waals surface area contributed by atoms with E-state index in [1.54, 1.807) is 14.0 Å². The van der Waals surface area contributed by atoms with Gasteiger partial charge in [-0.2, -0.15) is 5.10 Å². The number of hydrogen-bond acceptors (Lipinski definition) is 4. The molecule has 0 amide bonds. The van der Waals surface area contributed by atoms with Crippen LogP contribution in [0.25, 0.3) is 0 Å². The van der Waals surface area contributed by atoms with E-state index >= 15 is 0 Å². The van der Waals surface area contributed by atoms with Gasteiger partial charge in [-0.25, -0.2) is 12.7 Å². The van der Waals surface area contributed by atoms with Gasteiger partial charge >= 0.3 is 0 Å². The predicted octanol–water partition coefficient (Wildman–Crippen LogP) is 0.487. The zero-order chi connectivity index (χ0) is 13.5. The number of aromatic amines is 1. The lowest BCUT2D eigenvalue weighted by molar-refractivity contribution is 0.273. The van der Waals surface area contributed by atoms with Crippen molar-refractivity contribution >= 4 is 10.0 Å². The van der Waals surface area contributed by atoms with E-state index in [2.05, 4.69) is 17.1 Å². The van der Waals surface area contributed by atoms with Crippen LogP contribution in [0.4, 0.5) is 0 Å². The first-order valence-electron chi connectivity index (χ1n) is 5.99. The van der Waals surface area contributed by atoms with Gasteiger partial charge in [-0.05, 0) is 25.2 Å². The molecule has 2 N–H and O–H groups in total. The fraction of sp³-hybridized carbons (Fsp3) is 0.727. The van der Waals surface area contributed by atoms with Crippen molar-refractivity contribution in [1.29, 1.82) is 0 Å². The molecule has 2 unspecified atom stereocenters. The van der Waals surface area contributed by atoms with Gasteiger partial charge in [-0.3, -0.25) is 5.10 Å². The fourth-order valence-corrected chi connectivity index (χ4v) is 3.70. The summed E-state index contributed by atoms with van der Waals surface area (Å²) in [6.07, 6.45) is 1.08. The molecular formula is C11H19N3O3S. The normalized spacial score (nSPS) is 23.6. The maximum absolute atomic E-state index is 12.4. The average molecular weight is 273 g/mol. The third-order valence-corrected chi connectivity index (χ3v) is 5.57. The van der Waals surface area contributed by atoms with Gasteiger partial charge in [-0.1, -0.05) is 6.92 Å². The smallest absolute Gasteiger partial charge is 0.246 e. The molecule has 1 heterocycles. The molecule has 6 nitrogen and oxygen atoms in total. The summed E-state index contributed by atoms with van der Waals surface area (Å²) in [5.41, 5.74) is 0.651. The first-order chi connectivity index (χ1) is 8.37. The molecular weight excluding hydrogens is 254 g/mol. The maximum atomic E-state index is 12.4. The van der Waals surface area contributed by atoms with Crippen LogP contribution in [0, 0.1) is 18.8 Å². The van der Waals surface area contributed by atoms with Crippen molar-refractivity contribution in [2.75, 3.05) is 13.6 Å². The Hall–Kier alpha value is -0.920. The van der Waals surface area contributed by atoms with Crippen LogP contribution in [0.5, 0.6) is 0 Å². The Labute approximate surface area is 107 Å². The molecule has 0 spiro atoms. The highest BCUT2D eigenvalue weighted by molar-refractivity contribution is 7.89. The lowest BCUT2D eigenvalue weighted by Gasteiger charge is -2.17. The number of sulfonamides is 1. The summed E-state index contributed by atoms with van der Waals surface area (Å²) < 4.78 is 26.2. The first kappa shape index (κ1) is 13.5. The third kappa shape index (κ3) is 2.30. The second-order valence-corrected chi connectivity index (χ2v) is 7.02. The summed E-state index contributed by atoms with van der Waals surface area (Å²) in [5, 5.41) is 15.6. The number of aryl methyl sites for hydroxylation is 1. The van der Waals surface area contributed by atoms with E-state index in [0.717, 1.165) is 6.42 Å². The number of aliphatic hydroxyl groups excluding tert-OH is 1. The summed E-state index contributed by atoms with van der Waals surface area (Å²) in [7, 11) is -1.99. The fourth-order valence-electron chi connectivity index (χ4n) is 2.16. The Balaban J connectivity index is 2.26. The van der Waals surface area contributed by atoms with Crippen LogP contribution in [-0.4, -0.2) is 41.6 Å². The highest BCUT2D eigenvalue weighted by Crippen LogP contribution is 2.39.